The van der Waals surface area contributed by atoms with Crippen LogP contribution in [0.1, 0.15) is 4.88 Å². The van der Waals surface area contributed by atoms with E-state index in [2.05, 4.69) is 0 Å². The molecule has 0 aliphatic carbocycles. The first-order valence-electron chi connectivity index (χ1n) is 7.83. The molecule has 0 saturated carbocycles. The van der Waals surface area contributed by atoms with Gasteiger partial charge in [0.25, 0.3) is 0 Å². The third kappa shape index (κ3) is 4.29. The molecule has 0 unspecified atom stereocenters. The molecule has 0 bridgehead atoms. The summed E-state index contributed by atoms with van der Waals surface area (Å²) in [4.78, 5) is 15.0. The highest BCUT2D eigenvalue weighted by molar-refractivity contribution is 7.89. The molecule has 26 heavy (non-hydrogen) atoms. The van der Waals surface area contributed by atoms with Crippen molar-refractivity contribution in [3.8, 4) is 0 Å². The average Bonchev–Trinajstić information content (AvgIpc) is 3.15. The van der Waals surface area contributed by atoms with Crippen LogP contribution < -0.4 is 0 Å². The molecule has 2 heterocycles. The fourth-order valence-corrected chi connectivity index (χ4v) is 5.01. The third-order valence-electron chi connectivity index (χ3n) is 4.01. The largest absolute Gasteiger partial charge is 0.337 e. The van der Waals surface area contributed by atoms with Gasteiger partial charge in [0.2, 0.25) is 15.9 Å². The molecule has 1 aliphatic rings. The van der Waals surface area contributed by atoms with Crippen LogP contribution in [0.4, 0.5) is 0 Å². The van der Waals surface area contributed by atoms with Crippen molar-refractivity contribution in [1.82, 2.24) is 9.21 Å². The molecule has 1 aromatic heterocycles. The van der Waals surface area contributed by atoms with Gasteiger partial charge in [-0.25, -0.2) is 8.42 Å². The molecule has 9 heteroatoms. The number of halogens is 2. The third-order valence-corrected chi connectivity index (χ3v) is 7.48. The molecule has 138 valence electrons. The molecule has 0 N–H and O–H groups in total. The molecule has 5 nitrogen and oxygen atoms in total. The molecular weight excluding hydrogens is 415 g/mol. The number of carbonyl (C=O) groups excluding carboxylic acids is 1. The van der Waals surface area contributed by atoms with Crippen LogP contribution in [-0.4, -0.2) is 49.7 Å². The number of piperazine rings is 1. The van der Waals surface area contributed by atoms with Gasteiger partial charge in [0.15, 0.2) is 0 Å². The second-order valence-electron chi connectivity index (χ2n) is 5.65. The molecule has 1 amide bonds. The maximum Gasteiger partial charge on any atom is 0.246 e. The number of thiophene rings is 1. The predicted molar refractivity (Wildman–Crippen MR) is 105 cm³/mol. The van der Waals surface area contributed by atoms with Gasteiger partial charge in [-0.2, -0.15) is 4.31 Å². The van der Waals surface area contributed by atoms with Gasteiger partial charge in [-0.3, -0.25) is 4.79 Å². The lowest BCUT2D eigenvalue weighted by Gasteiger charge is -2.33. The minimum atomic E-state index is -3.66. The van der Waals surface area contributed by atoms with E-state index in [9.17, 15) is 13.2 Å². The number of benzene rings is 1. The zero-order chi connectivity index (χ0) is 18.7. The smallest absolute Gasteiger partial charge is 0.246 e. The van der Waals surface area contributed by atoms with E-state index in [1.807, 2.05) is 17.5 Å². The SMILES string of the molecule is O=C(C=Cc1cccs1)N1CCN(S(=O)(=O)c2ccc(Cl)c(Cl)c2)CC1. The Bertz CT molecular complexity index is 919. The summed E-state index contributed by atoms with van der Waals surface area (Å²) in [5.41, 5.74) is 0. The molecule has 1 aliphatic heterocycles. The summed E-state index contributed by atoms with van der Waals surface area (Å²) in [6.45, 7) is 1.16. The Morgan fingerprint density at radius 2 is 1.81 bits per heavy atom. The predicted octanol–water partition coefficient (Wildman–Crippen LogP) is 3.60. The van der Waals surface area contributed by atoms with E-state index in [4.69, 9.17) is 23.2 Å². The van der Waals surface area contributed by atoms with E-state index in [-0.39, 0.29) is 28.9 Å². The Labute approximate surface area is 166 Å². The van der Waals surface area contributed by atoms with Crippen molar-refractivity contribution in [3.63, 3.8) is 0 Å². The standard InChI is InChI=1S/C17H16Cl2N2O3S2/c18-15-5-4-14(12-16(15)19)26(23,24)21-9-7-20(8-10-21)17(22)6-3-13-2-1-11-25-13/h1-6,11-12H,7-10H2. The molecule has 3 rings (SSSR count). The molecule has 1 saturated heterocycles. The lowest BCUT2D eigenvalue weighted by Crippen LogP contribution is -2.50. The van der Waals surface area contributed by atoms with E-state index in [1.54, 1.807) is 22.3 Å². The van der Waals surface area contributed by atoms with Gasteiger partial charge in [0, 0.05) is 37.1 Å². The van der Waals surface area contributed by atoms with Crippen LogP contribution in [0.15, 0.2) is 46.7 Å². The molecule has 0 atom stereocenters. The van der Waals surface area contributed by atoms with Crippen molar-refractivity contribution in [2.45, 2.75) is 4.90 Å². The zero-order valence-corrected chi connectivity index (χ0v) is 16.8. The summed E-state index contributed by atoms with van der Waals surface area (Å²) in [7, 11) is -3.66. The number of sulfonamides is 1. The Balaban J connectivity index is 1.64. The number of rotatable bonds is 4. The lowest BCUT2D eigenvalue weighted by molar-refractivity contribution is -0.127. The van der Waals surface area contributed by atoms with Crippen molar-refractivity contribution in [1.29, 1.82) is 0 Å². The number of amides is 1. The highest BCUT2D eigenvalue weighted by Gasteiger charge is 2.29. The van der Waals surface area contributed by atoms with E-state index < -0.39 is 10.0 Å². The summed E-state index contributed by atoms with van der Waals surface area (Å²) in [6.07, 6.45) is 3.29. The summed E-state index contributed by atoms with van der Waals surface area (Å²) >= 11 is 13.3. The number of nitrogens with zero attached hydrogens (tertiary/aromatic N) is 2. The lowest BCUT2D eigenvalue weighted by atomic mass is 10.3. The van der Waals surface area contributed by atoms with Crippen molar-refractivity contribution in [2.24, 2.45) is 0 Å². The van der Waals surface area contributed by atoms with E-state index in [0.29, 0.717) is 18.1 Å². The first kappa shape index (κ1) is 19.4. The number of carbonyl (C=O) groups is 1. The Hall–Kier alpha value is -1.38. The molecule has 0 radical (unpaired) electrons. The molecule has 0 spiro atoms. The first-order valence-corrected chi connectivity index (χ1v) is 10.9. The Kier molecular flexibility index (Phi) is 6.04. The molecular formula is C17H16Cl2N2O3S2. The highest BCUT2D eigenvalue weighted by atomic mass is 35.5. The fourth-order valence-electron chi connectivity index (χ4n) is 2.58. The van der Waals surface area contributed by atoms with Crippen molar-refractivity contribution in [2.75, 3.05) is 26.2 Å². The summed E-state index contributed by atoms with van der Waals surface area (Å²) in [6, 6.07) is 8.09. The zero-order valence-electron chi connectivity index (χ0n) is 13.6. The van der Waals surface area contributed by atoms with Crippen LogP contribution >= 0.6 is 34.5 Å². The van der Waals surface area contributed by atoms with E-state index in [1.165, 1.54) is 28.6 Å². The van der Waals surface area contributed by atoms with Gasteiger partial charge in [-0.05, 0) is 35.7 Å². The second-order valence-corrected chi connectivity index (χ2v) is 9.39. The quantitative estimate of drug-likeness (QED) is 0.696. The Morgan fingerprint density at radius 1 is 1.08 bits per heavy atom. The minimum Gasteiger partial charge on any atom is -0.337 e. The number of hydrogen-bond donors (Lipinski definition) is 0. The van der Waals surface area contributed by atoms with Gasteiger partial charge in [0.1, 0.15) is 0 Å². The monoisotopic (exact) mass is 430 g/mol. The van der Waals surface area contributed by atoms with Crippen LogP contribution in [-0.2, 0) is 14.8 Å². The summed E-state index contributed by atoms with van der Waals surface area (Å²) < 4.78 is 26.8. The molecule has 1 fully saturated rings. The summed E-state index contributed by atoms with van der Waals surface area (Å²) in [5, 5.41) is 2.44. The van der Waals surface area contributed by atoms with Crippen molar-refractivity contribution >= 4 is 56.5 Å². The van der Waals surface area contributed by atoms with Crippen molar-refractivity contribution in [3.05, 3.63) is 56.7 Å². The first-order chi connectivity index (χ1) is 12.4. The molecule has 1 aromatic carbocycles. The second kappa shape index (κ2) is 8.10. The van der Waals surface area contributed by atoms with Gasteiger partial charge in [-0.1, -0.05) is 29.3 Å². The normalized spacial score (nSPS) is 16.3. The summed E-state index contributed by atoms with van der Waals surface area (Å²) in [5.74, 6) is -0.120. The topological polar surface area (TPSA) is 57.7 Å². The maximum absolute atomic E-state index is 12.7. The Morgan fingerprint density at radius 3 is 2.42 bits per heavy atom. The van der Waals surface area contributed by atoms with E-state index >= 15 is 0 Å². The van der Waals surface area contributed by atoms with Crippen LogP contribution in [0.5, 0.6) is 0 Å². The maximum atomic E-state index is 12.7. The number of hydrogen-bond acceptors (Lipinski definition) is 4. The van der Waals surface area contributed by atoms with Gasteiger partial charge in [0.05, 0.1) is 14.9 Å². The van der Waals surface area contributed by atoms with Crippen LogP contribution in [0, 0.1) is 0 Å². The van der Waals surface area contributed by atoms with Gasteiger partial charge < -0.3 is 4.90 Å². The van der Waals surface area contributed by atoms with Crippen LogP contribution in [0.25, 0.3) is 6.08 Å². The highest BCUT2D eigenvalue weighted by Crippen LogP contribution is 2.27. The van der Waals surface area contributed by atoms with E-state index in [0.717, 1.165) is 4.88 Å². The van der Waals surface area contributed by atoms with Crippen LogP contribution in [0.2, 0.25) is 10.0 Å². The minimum absolute atomic E-state index is 0.101. The van der Waals surface area contributed by atoms with Crippen LogP contribution in [0.3, 0.4) is 0 Å². The fraction of sp³-hybridized carbons (Fsp3) is 0.235. The van der Waals surface area contributed by atoms with Gasteiger partial charge >= 0.3 is 0 Å². The molecule has 2 aromatic rings. The average molecular weight is 431 g/mol. The van der Waals surface area contributed by atoms with Gasteiger partial charge in [-0.15, -0.1) is 11.3 Å². The van der Waals surface area contributed by atoms with Crippen molar-refractivity contribution < 1.29 is 13.2 Å².